The minimum atomic E-state index is 0.0147. The Morgan fingerprint density at radius 3 is 2.70 bits per heavy atom. The van der Waals surface area contributed by atoms with E-state index in [1.807, 2.05) is 24.3 Å². The summed E-state index contributed by atoms with van der Waals surface area (Å²) in [5.41, 5.74) is 0.801. The Morgan fingerprint density at radius 1 is 1.30 bits per heavy atom. The molecular formula is C14H18BrN3O2. The van der Waals surface area contributed by atoms with E-state index in [0.717, 1.165) is 49.3 Å². The fourth-order valence-electron chi connectivity index (χ4n) is 2.14. The van der Waals surface area contributed by atoms with Crippen LogP contribution in [0.25, 0.3) is 0 Å². The van der Waals surface area contributed by atoms with Crippen LogP contribution in [0.3, 0.4) is 0 Å². The molecule has 0 saturated carbocycles. The van der Waals surface area contributed by atoms with E-state index in [-0.39, 0.29) is 5.91 Å². The number of amides is 2. The second kappa shape index (κ2) is 7.40. The van der Waals surface area contributed by atoms with Gasteiger partial charge in [-0.15, -0.1) is 0 Å². The van der Waals surface area contributed by atoms with Crippen LogP contribution in [-0.2, 0) is 9.59 Å². The van der Waals surface area contributed by atoms with Gasteiger partial charge < -0.3 is 10.2 Å². The van der Waals surface area contributed by atoms with Crippen molar-refractivity contribution in [3.05, 3.63) is 28.7 Å². The summed E-state index contributed by atoms with van der Waals surface area (Å²) in [5, 5.41) is 2.88. The highest BCUT2D eigenvalue weighted by atomic mass is 79.9. The van der Waals surface area contributed by atoms with Crippen LogP contribution in [0, 0.1) is 0 Å². The first kappa shape index (κ1) is 15.0. The lowest BCUT2D eigenvalue weighted by atomic mass is 10.2. The molecular weight excluding hydrogens is 322 g/mol. The lowest BCUT2D eigenvalue weighted by Crippen LogP contribution is -2.46. The van der Waals surface area contributed by atoms with Gasteiger partial charge in [-0.1, -0.05) is 22.0 Å². The third-order valence-corrected chi connectivity index (χ3v) is 3.81. The fraction of sp³-hybridized carbons (Fsp3) is 0.429. The van der Waals surface area contributed by atoms with Gasteiger partial charge in [0.2, 0.25) is 12.3 Å². The molecule has 0 radical (unpaired) electrons. The highest BCUT2D eigenvalue weighted by Gasteiger charge is 2.15. The molecule has 1 heterocycles. The van der Waals surface area contributed by atoms with Gasteiger partial charge >= 0.3 is 0 Å². The summed E-state index contributed by atoms with van der Waals surface area (Å²) in [5.74, 6) is 0.0147. The van der Waals surface area contributed by atoms with Crippen molar-refractivity contribution < 1.29 is 9.59 Å². The molecule has 2 amide bonds. The summed E-state index contributed by atoms with van der Waals surface area (Å²) in [4.78, 5) is 26.4. The van der Waals surface area contributed by atoms with Gasteiger partial charge in [0, 0.05) is 49.3 Å². The second-order valence-corrected chi connectivity index (χ2v) is 5.71. The number of halogens is 1. The zero-order valence-electron chi connectivity index (χ0n) is 11.2. The number of carbonyl (C=O) groups is 2. The molecule has 0 aromatic heterocycles. The van der Waals surface area contributed by atoms with Crippen LogP contribution in [0.4, 0.5) is 5.69 Å². The van der Waals surface area contributed by atoms with E-state index in [0.29, 0.717) is 6.42 Å². The number of hydrogen-bond donors (Lipinski definition) is 1. The number of piperazine rings is 1. The van der Waals surface area contributed by atoms with Crippen molar-refractivity contribution in [2.24, 2.45) is 0 Å². The number of nitrogens with one attached hydrogen (secondary N) is 1. The van der Waals surface area contributed by atoms with E-state index in [2.05, 4.69) is 26.1 Å². The maximum atomic E-state index is 11.9. The van der Waals surface area contributed by atoms with E-state index < -0.39 is 0 Å². The molecule has 0 aliphatic carbocycles. The van der Waals surface area contributed by atoms with Crippen LogP contribution in [0.1, 0.15) is 6.42 Å². The molecule has 5 nitrogen and oxygen atoms in total. The van der Waals surface area contributed by atoms with Gasteiger partial charge in [0.25, 0.3) is 0 Å². The van der Waals surface area contributed by atoms with Gasteiger partial charge in [-0.25, -0.2) is 0 Å². The summed E-state index contributed by atoms with van der Waals surface area (Å²) in [6.45, 7) is 3.89. The highest BCUT2D eigenvalue weighted by Crippen LogP contribution is 2.15. The third kappa shape index (κ3) is 4.61. The molecule has 1 aromatic rings. The number of rotatable bonds is 5. The Bertz CT molecular complexity index is 473. The standard InChI is InChI=1S/C14H18BrN3O2/c15-12-2-1-3-13(10-12)16-14(20)4-5-17-6-8-18(11-19)9-7-17/h1-3,10-11H,4-9H2,(H,16,20). The molecule has 2 rings (SSSR count). The van der Waals surface area contributed by atoms with Crippen LogP contribution < -0.4 is 5.32 Å². The van der Waals surface area contributed by atoms with E-state index >= 15 is 0 Å². The van der Waals surface area contributed by atoms with Crippen molar-refractivity contribution in [2.75, 3.05) is 38.0 Å². The zero-order chi connectivity index (χ0) is 14.4. The van der Waals surface area contributed by atoms with Crippen LogP contribution in [-0.4, -0.2) is 54.8 Å². The molecule has 0 spiro atoms. The molecule has 0 unspecified atom stereocenters. The second-order valence-electron chi connectivity index (χ2n) is 4.79. The lowest BCUT2D eigenvalue weighted by Gasteiger charge is -2.32. The van der Waals surface area contributed by atoms with Gasteiger partial charge in [-0.05, 0) is 18.2 Å². The number of anilines is 1. The first-order chi connectivity index (χ1) is 9.67. The van der Waals surface area contributed by atoms with Crippen LogP contribution >= 0.6 is 15.9 Å². The predicted octanol–water partition coefficient (Wildman–Crippen LogP) is 1.55. The van der Waals surface area contributed by atoms with Crippen LogP contribution in [0.5, 0.6) is 0 Å². The van der Waals surface area contributed by atoms with Crippen molar-refractivity contribution in [1.82, 2.24) is 9.80 Å². The van der Waals surface area contributed by atoms with Crippen molar-refractivity contribution in [1.29, 1.82) is 0 Å². The Morgan fingerprint density at radius 2 is 2.05 bits per heavy atom. The van der Waals surface area contributed by atoms with E-state index in [9.17, 15) is 9.59 Å². The van der Waals surface area contributed by atoms with Gasteiger partial charge in [0.15, 0.2) is 0 Å². The molecule has 1 aromatic carbocycles. The fourth-order valence-corrected chi connectivity index (χ4v) is 2.54. The largest absolute Gasteiger partial charge is 0.343 e. The summed E-state index contributed by atoms with van der Waals surface area (Å²) in [6.07, 6.45) is 1.35. The molecule has 1 aliphatic heterocycles. The highest BCUT2D eigenvalue weighted by molar-refractivity contribution is 9.10. The van der Waals surface area contributed by atoms with E-state index in [1.54, 1.807) is 4.90 Å². The van der Waals surface area contributed by atoms with Gasteiger partial charge in [0.1, 0.15) is 0 Å². The summed E-state index contributed by atoms with van der Waals surface area (Å²) >= 11 is 3.37. The quantitative estimate of drug-likeness (QED) is 0.828. The van der Waals surface area contributed by atoms with Gasteiger partial charge in [-0.2, -0.15) is 0 Å². The lowest BCUT2D eigenvalue weighted by molar-refractivity contribution is -0.120. The van der Waals surface area contributed by atoms with Crippen molar-refractivity contribution >= 4 is 33.9 Å². The Kier molecular flexibility index (Phi) is 5.55. The van der Waals surface area contributed by atoms with E-state index in [4.69, 9.17) is 0 Å². The van der Waals surface area contributed by atoms with Crippen molar-refractivity contribution in [2.45, 2.75) is 6.42 Å². The SMILES string of the molecule is O=CN1CCN(CCC(=O)Nc2cccc(Br)c2)CC1. The van der Waals surface area contributed by atoms with Crippen LogP contribution in [0.15, 0.2) is 28.7 Å². The molecule has 1 aliphatic rings. The smallest absolute Gasteiger partial charge is 0.225 e. The Balaban J connectivity index is 1.72. The molecule has 1 fully saturated rings. The number of hydrogen-bond acceptors (Lipinski definition) is 3. The predicted molar refractivity (Wildman–Crippen MR) is 81.5 cm³/mol. The summed E-state index contributed by atoms with van der Waals surface area (Å²) in [6, 6.07) is 7.55. The topological polar surface area (TPSA) is 52.7 Å². The van der Waals surface area contributed by atoms with Gasteiger partial charge in [0.05, 0.1) is 0 Å². The molecule has 0 atom stereocenters. The maximum absolute atomic E-state index is 11.9. The molecule has 20 heavy (non-hydrogen) atoms. The summed E-state index contributed by atoms with van der Waals surface area (Å²) in [7, 11) is 0. The van der Waals surface area contributed by atoms with Gasteiger partial charge in [-0.3, -0.25) is 14.5 Å². The monoisotopic (exact) mass is 339 g/mol. The maximum Gasteiger partial charge on any atom is 0.225 e. The number of nitrogens with zero attached hydrogens (tertiary/aromatic N) is 2. The first-order valence-corrected chi connectivity index (χ1v) is 7.44. The normalized spacial score (nSPS) is 15.9. The molecule has 108 valence electrons. The minimum absolute atomic E-state index is 0.0147. The average Bonchev–Trinajstić information content (AvgIpc) is 2.46. The molecule has 1 saturated heterocycles. The summed E-state index contributed by atoms with van der Waals surface area (Å²) < 4.78 is 0.945. The zero-order valence-corrected chi connectivity index (χ0v) is 12.8. The van der Waals surface area contributed by atoms with E-state index in [1.165, 1.54) is 0 Å². The third-order valence-electron chi connectivity index (χ3n) is 3.32. The first-order valence-electron chi connectivity index (χ1n) is 6.64. The average molecular weight is 340 g/mol. The van der Waals surface area contributed by atoms with Crippen molar-refractivity contribution in [3.8, 4) is 0 Å². The van der Waals surface area contributed by atoms with Crippen molar-refractivity contribution in [3.63, 3.8) is 0 Å². The Labute approximate surface area is 127 Å². The Hall–Kier alpha value is -1.40. The van der Waals surface area contributed by atoms with Crippen LogP contribution in [0.2, 0.25) is 0 Å². The molecule has 1 N–H and O–H groups in total. The molecule has 0 bridgehead atoms. The molecule has 6 heteroatoms. The number of carbonyl (C=O) groups excluding carboxylic acids is 2. The number of benzene rings is 1. The minimum Gasteiger partial charge on any atom is -0.343 e.